The van der Waals surface area contributed by atoms with Gasteiger partial charge in [-0.25, -0.2) is 0 Å². The zero-order valence-electron chi connectivity index (χ0n) is 9.08. The summed E-state index contributed by atoms with van der Waals surface area (Å²) < 4.78 is 5.67. The molecule has 0 atom stereocenters. The zero-order valence-corrected chi connectivity index (χ0v) is 9.08. The lowest BCUT2D eigenvalue weighted by atomic mass is 9.93. The van der Waals surface area contributed by atoms with E-state index in [0.717, 1.165) is 32.5 Å². The van der Waals surface area contributed by atoms with Crippen LogP contribution in [0.15, 0.2) is 12.7 Å². The summed E-state index contributed by atoms with van der Waals surface area (Å²) in [6.45, 7) is 9.91. The van der Waals surface area contributed by atoms with Crippen molar-refractivity contribution in [3.8, 4) is 0 Å². The second kappa shape index (κ2) is 4.60. The molecule has 0 spiro atoms. The molecular weight excluding hydrogens is 178 g/mol. The molecule has 0 aromatic carbocycles. The third-order valence-corrected chi connectivity index (χ3v) is 2.80. The molecule has 0 unspecified atom stereocenters. The highest BCUT2D eigenvalue weighted by atomic mass is 16.5. The average molecular weight is 197 g/mol. The van der Waals surface area contributed by atoms with Crippen molar-refractivity contribution in [2.24, 2.45) is 0 Å². The lowest BCUT2D eigenvalue weighted by Crippen LogP contribution is -2.46. The Bertz CT molecular complexity index is 217. The molecule has 1 heterocycles. The standard InChI is InChI=1S/C11H19NO2/c1-4-10(13)12-8-6-11(3,7-9-12)14-5-2/h4H,1,5-9H2,2-3H3. The summed E-state index contributed by atoms with van der Waals surface area (Å²) in [5.74, 6) is 0.0311. The molecule has 3 nitrogen and oxygen atoms in total. The Labute approximate surface area is 85.7 Å². The third kappa shape index (κ3) is 2.58. The Morgan fingerprint density at radius 2 is 2.14 bits per heavy atom. The molecule has 3 heteroatoms. The highest BCUT2D eigenvalue weighted by molar-refractivity contribution is 5.87. The van der Waals surface area contributed by atoms with Gasteiger partial charge >= 0.3 is 0 Å². The first-order valence-corrected chi connectivity index (χ1v) is 5.16. The maximum absolute atomic E-state index is 11.3. The van der Waals surface area contributed by atoms with Crippen LogP contribution in [0.5, 0.6) is 0 Å². The van der Waals surface area contributed by atoms with Crippen molar-refractivity contribution in [3.05, 3.63) is 12.7 Å². The SMILES string of the molecule is C=CC(=O)N1CCC(C)(OCC)CC1. The summed E-state index contributed by atoms with van der Waals surface area (Å²) in [6, 6.07) is 0. The molecule has 0 N–H and O–H groups in total. The number of nitrogens with zero attached hydrogens (tertiary/aromatic N) is 1. The molecule has 0 saturated carbocycles. The van der Waals surface area contributed by atoms with E-state index in [-0.39, 0.29) is 11.5 Å². The van der Waals surface area contributed by atoms with Gasteiger partial charge in [-0.2, -0.15) is 0 Å². The van der Waals surface area contributed by atoms with E-state index in [2.05, 4.69) is 13.5 Å². The Morgan fingerprint density at radius 3 is 2.57 bits per heavy atom. The van der Waals surface area contributed by atoms with E-state index in [9.17, 15) is 4.79 Å². The fourth-order valence-corrected chi connectivity index (χ4v) is 1.82. The van der Waals surface area contributed by atoms with E-state index >= 15 is 0 Å². The first kappa shape index (κ1) is 11.2. The second-order valence-electron chi connectivity index (χ2n) is 3.91. The van der Waals surface area contributed by atoms with Crippen LogP contribution in [0.25, 0.3) is 0 Å². The molecule has 0 aliphatic carbocycles. The lowest BCUT2D eigenvalue weighted by Gasteiger charge is -2.38. The minimum Gasteiger partial charge on any atom is -0.375 e. The Morgan fingerprint density at radius 1 is 1.57 bits per heavy atom. The van der Waals surface area contributed by atoms with Gasteiger partial charge in [0.25, 0.3) is 0 Å². The number of amides is 1. The number of rotatable bonds is 3. The minimum absolute atomic E-state index is 0.0311. The Hall–Kier alpha value is -0.830. The topological polar surface area (TPSA) is 29.5 Å². The van der Waals surface area contributed by atoms with E-state index in [0.29, 0.717) is 0 Å². The van der Waals surface area contributed by atoms with Gasteiger partial charge in [-0.05, 0) is 32.8 Å². The molecule has 0 aromatic rings. The van der Waals surface area contributed by atoms with Crippen LogP contribution in [0.2, 0.25) is 0 Å². The predicted octanol–water partition coefficient (Wildman–Crippen LogP) is 1.59. The highest BCUT2D eigenvalue weighted by Gasteiger charge is 2.31. The van der Waals surface area contributed by atoms with Gasteiger partial charge < -0.3 is 9.64 Å². The summed E-state index contributed by atoms with van der Waals surface area (Å²) in [7, 11) is 0. The minimum atomic E-state index is -0.0350. The van der Waals surface area contributed by atoms with Gasteiger partial charge in [-0.1, -0.05) is 6.58 Å². The zero-order chi connectivity index (χ0) is 10.6. The molecule has 14 heavy (non-hydrogen) atoms. The average Bonchev–Trinajstić information content (AvgIpc) is 2.18. The number of hydrogen-bond acceptors (Lipinski definition) is 2. The van der Waals surface area contributed by atoms with Crippen molar-refractivity contribution in [3.63, 3.8) is 0 Å². The predicted molar refractivity (Wildman–Crippen MR) is 56.0 cm³/mol. The largest absolute Gasteiger partial charge is 0.375 e. The van der Waals surface area contributed by atoms with Crippen LogP contribution < -0.4 is 0 Å². The monoisotopic (exact) mass is 197 g/mol. The molecule has 1 aliphatic heterocycles. The quantitative estimate of drug-likeness (QED) is 0.643. The Balaban J connectivity index is 2.45. The molecule has 0 bridgehead atoms. The summed E-state index contributed by atoms with van der Waals surface area (Å²) in [4.78, 5) is 13.1. The third-order valence-electron chi connectivity index (χ3n) is 2.80. The van der Waals surface area contributed by atoms with Gasteiger partial charge in [0.1, 0.15) is 0 Å². The van der Waals surface area contributed by atoms with E-state index in [1.807, 2.05) is 11.8 Å². The summed E-state index contributed by atoms with van der Waals surface area (Å²) in [5, 5.41) is 0. The van der Waals surface area contributed by atoms with Gasteiger partial charge in [-0.15, -0.1) is 0 Å². The van der Waals surface area contributed by atoms with Crippen LogP contribution in [0.4, 0.5) is 0 Å². The number of piperidine rings is 1. The van der Waals surface area contributed by atoms with Crippen molar-refractivity contribution in [1.82, 2.24) is 4.90 Å². The van der Waals surface area contributed by atoms with Crippen molar-refractivity contribution in [2.75, 3.05) is 19.7 Å². The molecule has 0 radical (unpaired) electrons. The van der Waals surface area contributed by atoms with E-state index in [1.54, 1.807) is 0 Å². The Kier molecular flexibility index (Phi) is 3.69. The summed E-state index contributed by atoms with van der Waals surface area (Å²) in [5.41, 5.74) is -0.0350. The maximum Gasteiger partial charge on any atom is 0.245 e. The van der Waals surface area contributed by atoms with Gasteiger partial charge in [0, 0.05) is 19.7 Å². The van der Waals surface area contributed by atoms with Crippen LogP contribution >= 0.6 is 0 Å². The molecule has 1 fully saturated rings. The van der Waals surface area contributed by atoms with Gasteiger partial charge in [0.2, 0.25) is 5.91 Å². The van der Waals surface area contributed by atoms with Crippen LogP contribution in [0.1, 0.15) is 26.7 Å². The number of ether oxygens (including phenoxy) is 1. The lowest BCUT2D eigenvalue weighted by molar-refractivity contribution is -0.131. The van der Waals surface area contributed by atoms with Gasteiger partial charge in [-0.3, -0.25) is 4.79 Å². The van der Waals surface area contributed by atoms with Gasteiger partial charge in [0.05, 0.1) is 5.60 Å². The van der Waals surface area contributed by atoms with Crippen LogP contribution in [0, 0.1) is 0 Å². The van der Waals surface area contributed by atoms with Crippen molar-refractivity contribution in [1.29, 1.82) is 0 Å². The van der Waals surface area contributed by atoms with Crippen molar-refractivity contribution in [2.45, 2.75) is 32.3 Å². The summed E-state index contributed by atoms with van der Waals surface area (Å²) in [6.07, 6.45) is 3.21. The number of hydrogen-bond donors (Lipinski definition) is 0. The highest BCUT2D eigenvalue weighted by Crippen LogP contribution is 2.25. The molecule has 1 rings (SSSR count). The number of carbonyl (C=O) groups excluding carboxylic acids is 1. The first-order chi connectivity index (χ1) is 6.61. The fourth-order valence-electron chi connectivity index (χ4n) is 1.82. The molecular formula is C11H19NO2. The molecule has 0 aromatic heterocycles. The van der Waals surface area contributed by atoms with Crippen molar-refractivity contribution < 1.29 is 9.53 Å². The molecule has 1 saturated heterocycles. The molecule has 1 amide bonds. The van der Waals surface area contributed by atoms with Gasteiger partial charge in [0.15, 0.2) is 0 Å². The maximum atomic E-state index is 11.3. The van der Waals surface area contributed by atoms with E-state index in [1.165, 1.54) is 6.08 Å². The fraction of sp³-hybridized carbons (Fsp3) is 0.727. The van der Waals surface area contributed by atoms with Crippen LogP contribution in [0.3, 0.4) is 0 Å². The molecule has 80 valence electrons. The van der Waals surface area contributed by atoms with Crippen LogP contribution in [-0.4, -0.2) is 36.1 Å². The van der Waals surface area contributed by atoms with E-state index in [4.69, 9.17) is 4.74 Å². The number of carbonyl (C=O) groups is 1. The first-order valence-electron chi connectivity index (χ1n) is 5.16. The molecule has 1 aliphatic rings. The summed E-state index contributed by atoms with van der Waals surface area (Å²) >= 11 is 0. The van der Waals surface area contributed by atoms with Crippen molar-refractivity contribution >= 4 is 5.91 Å². The smallest absolute Gasteiger partial charge is 0.245 e. The second-order valence-corrected chi connectivity index (χ2v) is 3.91. The number of likely N-dealkylation sites (tertiary alicyclic amines) is 1. The normalized spacial score (nSPS) is 20.6. The van der Waals surface area contributed by atoms with E-state index < -0.39 is 0 Å². The van der Waals surface area contributed by atoms with Crippen LogP contribution in [-0.2, 0) is 9.53 Å².